The van der Waals surface area contributed by atoms with Gasteiger partial charge in [0, 0.05) is 40.4 Å². The average molecular weight is 637 g/mol. The summed E-state index contributed by atoms with van der Waals surface area (Å²) in [7, 11) is 0. The van der Waals surface area contributed by atoms with Crippen LogP contribution in [-0.2, 0) is 0 Å². The number of ether oxygens (including phenoxy) is 1. The first-order valence-corrected chi connectivity index (χ1v) is 13.8. The Bertz CT molecular complexity index is 1500. The quantitative estimate of drug-likeness (QED) is 0.229. The van der Waals surface area contributed by atoms with E-state index in [1.807, 2.05) is 6.92 Å². The van der Waals surface area contributed by atoms with Crippen molar-refractivity contribution in [2.24, 2.45) is 0 Å². The van der Waals surface area contributed by atoms with Crippen LogP contribution < -0.4 is 10.1 Å². The number of piperidine rings is 1. The van der Waals surface area contributed by atoms with Crippen molar-refractivity contribution in [1.82, 2.24) is 4.90 Å². The largest absolute Gasteiger partial charge is 0.573 e. The minimum absolute atomic E-state index is 0.180. The van der Waals surface area contributed by atoms with E-state index in [4.69, 9.17) is 0 Å². The Hall–Kier alpha value is -3.31. The van der Waals surface area contributed by atoms with E-state index in [9.17, 15) is 31.5 Å². The van der Waals surface area contributed by atoms with Crippen LogP contribution in [0.3, 0.4) is 0 Å². The number of nitrogens with zero attached hydrogens (tertiary/aromatic N) is 1. The molecule has 1 spiro atoms. The van der Waals surface area contributed by atoms with E-state index in [2.05, 4.69) is 30.9 Å². The Kier molecular flexibility index (Phi) is 7.71. The predicted molar refractivity (Wildman–Crippen MR) is 146 cm³/mol. The summed E-state index contributed by atoms with van der Waals surface area (Å²) in [6.07, 6.45) is -3.92. The lowest BCUT2D eigenvalue weighted by molar-refractivity contribution is -0.274. The van der Waals surface area contributed by atoms with Gasteiger partial charge in [0.2, 0.25) is 0 Å². The van der Waals surface area contributed by atoms with Crippen LogP contribution >= 0.6 is 15.9 Å². The molecule has 216 valence electrons. The van der Waals surface area contributed by atoms with Gasteiger partial charge in [0.15, 0.2) is 23.2 Å². The average Bonchev–Trinajstić information content (AvgIpc) is 2.90. The number of rotatable bonds is 5. The summed E-state index contributed by atoms with van der Waals surface area (Å²) in [5.74, 6) is -3.39. The SMILES string of the molecule is CC(=O)c1cc2c(cc1Br)C(=O)C(c1ccc(OC(F)(F)F)cc1)C1(CCN(C(C)c3ccc(F)c(F)c3)CC1)N2. The van der Waals surface area contributed by atoms with E-state index < -0.39 is 35.2 Å². The molecule has 0 aliphatic carbocycles. The molecule has 1 fully saturated rings. The van der Waals surface area contributed by atoms with Gasteiger partial charge in [0.1, 0.15) is 5.75 Å². The Balaban J connectivity index is 1.50. The highest BCUT2D eigenvalue weighted by Crippen LogP contribution is 2.48. The fourth-order valence-corrected chi connectivity index (χ4v) is 6.56. The maximum atomic E-state index is 14.1. The van der Waals surface area contributed by atoms with E-state index >= 15 is 0 Å². The van der Waals surface area contributed by atoms with Gasteiger partial charge in [0.25, 0.3) is 0 Å². The number of Topliss-reactive ketones (excluding diaryl/α,β-unsaturated/α-hetero) is 2. The summed E-state index contributed by atoms with van der Waals surface area (Å²) in [6, 6.07) is 12.1. The van der Waals surface area contributed by atoms with Crippen molar-refractivity contribution in [2.45, 2.75) is 50.6 Å². The highest BCUT2D eigenvalue weighted by atomic mass is 79.9. The molecule has 5 nitrogen and oxygen atoms in total. The molecule has 1 N–H and O–H groups in total. The van der Waals surface area contributed by atoms with Crippen molar-refractivity contribution in [2.75, 3.05) is 18.4 Å². The maximum Gasteiger partial charge on any atom is 0.573 e. The van der Waals surface area contributed by atoms with Crippen LogP contribution in [-0.4, -0.2) is 41.5 Å². The van der Waals surface area contributed by atoms with Gasteiger partial charge in [-0.3, -0.25) is 14.5 Å². The fourth-order valence-electron chi connectivity index (χ4n) is 5.94. The van der Waals surface area contributed by atoms with Crippen LogP contribution in [0.5, 0.6) is 5.75 Å². The minimum atomic E-state index is -4.85. The fraction of sp³-hybridized carbons (Fsp3) is 0.333. The second-order valence-electron chi connectivity index (χ2n) is 10.5. The van der Waals surface area contributed by atoms with Gasteiger partial charge in [0.05, 0.1) is 11.5 Å². The normalized spacial score (nSPS) is 19.4. The summed E-state index contributed by atoms with van der Waals surface area (Å²) in [6.45, 7) is 4.32. The summed E-state index contributed by atoms with van der Waals surface area (Å²) >= 11 is 3.38. The van der Waals surface area contributed by atoms with Crippen LogP contribution in [0.2, 0.25) is 0 Å². The first kappa shape index (κ1) is 29.2. The van der Waals surface area contributed by atoms with Crippen LogP contribution in [0.25, 0.3) is 0 Å². The van der Waals surface area contributed by atoms with E-state index in [1.165, 1.54) is 37.3 Å². The molecular weight excluding hydrogens is 611 g/mol. The van der Waals surface area contributed by atoms with Crippen molar-refractivity contribution >= 4 is 33.2 Å². The topological polar surface area (TPSA) is 58.6 Å². The van der Waals surface area contributed by atoms with Gasteiger partial charge in [-0.1, -0.05) is 34.1 Å². The van der Waals surface area contributed by atoms with Crippen molar-refractivity contribution < 1.29 is 36.3 Å². The Morgan fingerprint density at radius 2 is 1.71 bits per heavy atom. The van der Waals surface area contributed by atoms with E-state index in [-0.39, 0.29) is 17.6 Å². The molecule has 3 aromatic rings. The molecule has 11 heteroatoms. The molecule has 2 aliphatic heterocycles. The molecule has 41 heavy (non-hydrogen) atoms. The third-order valence-corrected chi connectivity index (χ3v) is 8.72. The van der Waals surface area contributed by atoms with Crippen molar-refractivity contribution in [1.29, 1.82) is 0 Å². The maximum absolute atomic E-state index is 14.1. The van der Waals surface area contributed by atoms with E-state index in [0.717, 1.165) is 6.07 Å². The highest BCUT2D eigenvalue weighted by Gasteiger charge is 2.50. The zero-order chi connectivity index (χ0) is 29.7. The molecular formula is C30H26BrF5N2O3. The number of ketones is 2. The second kappa shape index (κ2) is 10.8. The molecule has 0 radical (unpaired) electrons. The molecule has 0 saturated carbocycles. The Morgan fingerprint density at radius 3 is 2.29 bits per heavy atom. The molecule has 2 aliphatic rings. The molecule has 0 amide bonds. The third kappa shape index (κ3) is 5.74. The van der Waals surface area contributed by atoms with Gasteiger partial charge >= 0.3 is 6.36 Å². The minimum Gasteiger partial charge on any atom is -0.406 e. The predicted octanol–water partition coefficient (Wildman–Crippen LogP) is 7.82. The number of benzene rings is 3. The standard InChI is InChI=1S/C30H26BrF5N2O3/c1-16(19-5-8-24(32)25(33)13-19)38-11-9-29(10-12-38)27(18-3-6-20(7-4-18)41-30(34,35)36)28(40)22-14-23(31)21(17(2)39)15-26(22)37-29/h3-8,13-16,27,37H,9-12H2,1-2H3. The van der Waals surface area contributed by atoms with Gasteiger partial charge < -0.3 is 10.1 Å². The van der Waals surface area contributed by atoms with Crippen LogP contribution in [0.1, 0.15) is 70.5 Å². The summed E-state index contributed by atoms with van der Waals surface area (Å²) < 4.78 is 70.1. The molecule has 3 aromatic carbocycles. The number of hydrogen-bond acceptors (Lipinski definition) is 5. The van der Waals surface area contributed by atoms with Crippen molar-refractivity contribution in [3.8, 4) is 5.75 Å². The number of nitrogens with one attached hydrogen (secondary N) is 1. The summed E-state index contributed by atoms with van der Waals surface area (Å²) in [4.78, 5) is 28.4. The van der Waals surface area contributed by atoms with E-state index in [1.54, 1.807) is 18.2 Å². The zero-order valence-electron chi connectivity index (χ0n) is 22.1. The Labute approximate surface area is 241 Å². The molecule has 2 atom stereocenters. The second-order valence-corrected chi connectivity index (χ2v) is 11.4. The molecule has 0 bridgehead atoms. The number of carbonyl (C=O) groups is 2. The van der Waals surface area contributed by atoms with Gasteiger partial charge in [-0.15, -0.1) is 13.2 Å². The summed E-state index contributed by atoms with van der Waals surface area (Å²) in [5.41, 5.74) is 1.62. The Morgan fingerprint density at radius 1 is 1.05 bits per heavy atom. The van der Waals surface area contributed by atoms with Crippen LogP contribution in [0.15, 0.2) is 59.1 Å². The number of halogens is 6. The monoisotopic (exact) mass is 636 g/mol. The first-order chi connectivity index (χ1) is 19.3. The van der Waals surface area contributed by atoms with Gasteiger partial charge in [-0.25, -0.2) is 8.78 Å². The number of fused-ring (bicyclic) bond motifs is 1. The smallest absolute Gasteiger partial charge is 0.406 e. The van der Waals surface area contributed by atoms with Gasteiger partial charge in [-0.2, -0.15) is 0 Å². The van der Waals surface area contributed by atoms with Crippen LogP contribution in [0, 0.1) is 11.6 Å². The van der Waals surface area contributed by atoms with Crippen molar-refractivity contribution in [3.05, 3.63) is 93.0 Å². The van der Waals surface area contributed by atoms with E-state index in [0.29, 0.717) is 58.3 Å². The van der Waals surface area contributed by atoms with Crippen molar-refractivity contribution in [3.63, 3.8) is 0 Å². The molecule has 2 heterocycles. The zero-order valence-corrected chi connectivity index (χ0v) is 23.7. The first-order valence-electron chi connectivity index (χ1n) is 13.0. The lowest BCUT2D eigenvalue weighted by Crippen LogP contribution is -2.57. The molecule has 0 aromatic heterocycles. The number of likely N-dealkylation sites (tertiary alicyclic amines) is 1. The lowest BCUT2D eigenvalue weighted by atomic mass is 9.67. The number of anilines is 1. The molecule has 2 unspecified atom stereocenters. The number of carbonyl (C=O) groups excluding carboxylic acids is 2. The lowest BCUT2D eigenvalue weighted by Gasteiger charge is -2.51. The van der Waals surface area contributed by atoms with Gasteiger partial charge in [-0.05, 0) is 74.2 Å². The molecule has 5 rings (SSSR count). The third-order valence-electron chi connectivity index (χ3n) is 8.06. The highest BCUT2D eigenvalue weighted by molar-refractivity contribution is 9.10. The molecule has 1 saturated heterocycles. The summed E-state index contributed by atoms with van der Waals surface area (Å²) in [5, 5.41) is 3.54. The number of hydrogen-bond donors (Lipinski definition) is 1. The van der Waals surface area contributed by atoms with Crippen LogP contribution in [0.4, 0.5) is 27.6 Å². The number of alkyl halides is 3.